The first-order valence-corrected chi connectivity index (χ1v) is 5.74. The number of guanidine groups is 1. The van der Waals surface area contributed by atoms with E-state index in [-0.39, 0.29) is 18.4 Å². The van der Waals surface area contributed by atoms with E-state index < -0.39 is 0 Å². The summed E-state index contributed by atoms with van der Waals surface area (Å²) in [7, 11) is 1.58. The Labute approximate surface area is 112 Å². The molecular formula is C13H18N4O2. The van der Waals surface area contributed by atoms with Gasteiger partial charge in [0.05, 0.1) is 7.11 Å². The highest BCUT2D eigenvalue weighted by Gasteiger charge is 2.00. The molecule has 0 heterocycles. The van der Waals surface area contributed by atoms with Gasteiger partial charge in [-0.15, -0.1) is 6.58 Å². The second-order valence-electron chi connectivity index (χ2n) is 3.65. The molecule has 0 aliphatic heterocycles. The van der Waals surface area contributed by atoms with Gasteiger partial charge in [-0.25, -0.2) is 4.99 Å². The number of ether oxygens (including phenoxy) is 1. The van der Waals surface area contributed by atoms with Gasteiger partial charge >= 0.3 is 0 Å². The Morgan fingerprint density at radius 2 is 2.37 bits per heavy atom. The number of carbonyl (C=O) groups is 1. The lowest BCUT2D eigenvalue weighted by Crippen LogP contribution is -2.29. The van der Waals surface area contributed by atoms with Crippen LogP contribution in [0.15, 0.2) is 41.9 Å². The van der Waals surface area contributed by atoms with E-state index in [0.29, 0.717) is 12.3 Å². The average molecular weight is 262 g/mol. The minimum absolute atomic E-state index is 0.0311. The van der Waals surface area contributed by atoms with Crippen molar-refractivity contribution in [3.05, 3.63) is 36.9 Å². The SMILES string of the molecule is C=CCNC(=O)CN=C(N)Nc1cccc(OC)c1. The number of carbonyl (C=O) groups excluding carboxylic acids is 1. The van der Waals surface area contributed by atoms with Crippen LogP contribution in [0.3, 0.4) is 0 Å². The molecule has 0 aliphatic rings. The Balaban J connectivity index is 2.51. The summed E-state index contributed by atoms with van der Waals surface area (Å²) in [5.41, 5.74) is 6.41. The summed E-state index contributed by atoms with van der Waals surface area (Å²) >= 11 is 0. The van der Waals surface area contributed by atoms with Crippen LogP contribution in [-0.4, -0.2) is 32.1 Å². The van der Waals surface area contributed by atoms with Crippen LogP contribution in [0.1, 0.15) is 0 Å². The number of methoxy groups -OCH3 is 1. The average Bonchev–Trinajstić information content (AvgIpc) is 2.43. The molecule has 1 aromatic rings. The van der Waals surface area contributed by atoms with Crippen LogP contribution in [0, 0.1) is 0 Å². The van der Waals surface area contributed by atoms with Gasteiger partial charge in [-0.1, -0.05) is 12.1 Å². The Kier molecular flexibility index (Phi) is 5.94. The van der Waals surface area contributed by atoms with Gasteiger partial charge in [0.15, 0.2) is 5.96 Å². The van der Waals surface area contributed by atoms with Gasteiger partial charge in [-0.2, -0.15) is 0 Å². The minimum Gasteiger partial charge on any atom is -0.497 e. The second kappa shape index (κ2) is 7.75. The first-order chi connectivity index (χ1) is 9.15. The third-order valence-corrected chi connectivity index (χ3v) is 2.18. The number of nitrogens with zero attached hydrogens (tertiary/aromatic N) is 1. The molecule has 19 heavy (non-hydrogen) atoms. The standard InChI is InChI=1S/C13H18N4O2/c1-3-7-15-12(18)9-16-13(14)17-10-5-4-6-11(8-10)19-2/h3-6,8H,1,7,9H2,2H3,(H,15,18)(H3,14,16,17). The van der Waals surface area contributed by atoms with Gasteiger partial charge < -0.3 is 21.1 Å². The number of amides is 1. The molecule has 0 bridgehead atoms. The summed E-state index contributed by atoms with van der Waals surface area (Å²) in [6.07, 6.45) is 1.60. The van der Waals surface area contributed by atoms with Gasteiger partial charge in [0, 0.05) is 18.3 Å². The highest BCUT2D eigenvalue weighted by atomic mass is 16.5. The number of rotatable bonds is 6. The monoisotopic (exact) mass is 262 g/mol. The molecule has 0 spiro atoms. The van der Waals surface area contributed by atoms with Crippen molar-refractivity contribution in [2.75, 3.05) is 25.5 Å². The first kappa shape index (κ1) is 14.6. The molecule has 1 amide bonds. The molecule has 0 atom stereocenters. The fourth-order valence-electron chi connectivity index (χ4n) is 1.29. The van der Waals surface area contributed by atoms with Crippen LogP contribution in [0.4, 0.5) is 5.69 Å². The fourth-order valence-corrected chi connectivity index (χ4v) is 1.29. The van der Waals surface area contributed by atoms with Crippen LogP contribution in [0.2, 0.25) is 0 Å². The van der Waals surface area contributed by atoms with Crippen molar-refractivity contribution in [3.8, 4) is 5.75 Å². The van der Waals surface area contributed by atoms with E-state index in [1.54, 1.807) is 19.3 Å². The smallest absolute Gasteiger partial charge is 0.242 e. The number of anilines is 1. The molecule has 102 valence electrons. The van der Waals surface area contributed by atoms with Gasteiger partial charge in [-0.3, -0.25) is 4.79 Å². The van der Waals surface area contributed by atoms with Crippen LogP contribution < -0.4 is 21.1 Å². The van der Waals surface area contributed by atoms with Gasteiger partial charge in [-0.05, 0) is 12.1 Å². The Morgan fingerprint density at radius 1 is 1.58 bits per heavy atom. The third-order valence-electron chi connectivity index (χ3n) is 2.18. The summed E-state index contributed by atoms with van der Waals surface area (Å²) in [6, 6.07) is 7.25. The number of nitrogens with two attached hydrogens (primary N) is 1. The lowest BCUT2D eigenvalue weighted by Gasteiger charge is -2.07. The quantitative estimate of drug-likeness (QED) is 0.400. The maximum absolute atomic E-state index is 11.3. The highest BCUT2D eigenvalue weighted by molar-refractivity contribution is 5.94. The second-order valence-corrected chi connectivity index (χ2v) is 3.65. The van der Waals surface area contributed by atoms with E-state index >= 15 is 0 Å². The molecule has 1 rings (SSSR count). The molecule has 6 nitrogen and oxygen atoms in total. The zero-order valence-corrected chi connectivity index (χ0v) is 10.8. The molecule has 0 aromatic heterocycles. The number of benzene rings is 1. The van der Waals surface area contributed by atoms with Crippen LogP contribution in [0.5, 0.6) is 5.75 Å². The number of nitrogens with one attached hydrogen (secondary N) is 2. The topological polar surface area (TPSA) is 88.7 Å². The minimum atomic E-state index is -0.213. The molecule has 1 aromatic carbocycles. The zero-order chi connectivity index (χ0) is 14.1. The van der Waals surface area contributed by atoms with Crippen molar-refractivity contribution in [2.24, 2.45) is 10.7 Å². The largest absolute Gasteiger partial charge is 0.497 e. The summed E-state index contributed by atoms with van der Waals surface area (Å²) in [4.78, 5) is 15.2. The lowest BCUT2D eigenvalue weighted by atomic mass is 10.3. The molecule has 6 heteroatoms. The number of hydrogen-bond donors (Lipinski definition) is 3. The molecule has 0 aliphatic carbocycles. The summed E-state index contributed by atoms with van der Waals surface area (Å²) in [5.74, 6) is 0.666. The van der Waals surface area contributed by atoms with Crippen molar-refractivity contribution in [1.29, 1.82) is 0 Å². The third kappa shape index (κ3) is 5.58. The molecule has 0 saturated heterocycles. The predicted octanol–water partition coefficient (Wildman–Crippen LogP) is 0.724. The molecule has 0 fully saturated rings. The lowest BCUT2D eigenvalue weighted by molar-refractivity contribution is -0.119. The normalized spacial score (nSPS) is 10.7. The van der Waals surface area contributed by atoms with Crippen molar-refractivity contribution < 1.29 is 9.53 Å². The van der Waals surface area contributed by atoms with E-state index in [9.17, 15) is 4.79 Å². The van der Waals surface area contributed by atoms with Crippen LogP contribution >= 0.6 is 0 Å². The number of hydrogen-bond acceptors (Lipinski definition) is 3. The molecule has 0 unspecified atom stereocenters. The van der Waals surface area contributed by atoms with Crippen molar-refractivity contribution in [2.45, 2.75) is 0 Å². The van der Waals surface area contributed by atoms with E-state index in [1.807, 2.05) is 18.2 Å². The molecular weight excluding hydrogens is 244 g/mol. The fraction of sp³-hybridized carbons (Fsp3) is 0.231. The first-order valence-electron chi connectivity index (χ1n) is 5.74. The van der Waals surface area contributed by atoms with Crippen LogP contribution in [0.25, 0.3) is 0 Å². The van der Waals surface area contributed by atoms with Gasteiger partial charge in [0.1, 0.15) is 12.3 Å². The zero-order valence-electron chi connectivity index (χ0n) is 10.8. The van der Waals surface area contributed by atoms with E-state index in [4.69, 9.17) is 10.5 Å². The molecule has 4 N–H and O–H groups in total. The Bertz CT molecular complexity index is 471. The maximum atomic E-state index is 11.3. The highest BCUT2D eigenvalue weighted by Crippen LogP contribution is 2.16. The van der Waals surface area contributed by atoms with E-state index in [2.05, 4.69) is 22.2 Å². The van der Waals surface area contributed by atoms with Crippen molar-refractivity contribution in [3.63, 3.8) is 0 Å². The van der Waals surface area contributed by atoms with Gasteiger partial charge in [0.25, 0.3) is 0 Å². The van der Waals surface area contributed by atoms with Crippen molar-refractivity contribution >= 4 is 17.6 Å². The Hall–Kier alpha value is -2.50. The summed E-state index contributed by atoms with van der Waals surface area (Å²) in [5, 5.41) is 5.48. The van der Waals surface area contributed by atoms with E-state index in [0.717, 1.165) is 5.69 Å². The number of aliphatic imine (C=N–C) groups is 1. The van der Waals surface area contributed by atoms with Crippen molar-refractivity contribution in [1.82, 2.24) is 5.32 Å². The van der Waals surface area contributed by atoms with E-state index in [1.165, 1.54) is 0 Å². The molecule has 0 radical (unpaired) electrons. The summed E-state index contributed by atoms with van der Waals surface area (Å²) in [6.45, 7) is 3.88. The Morgan fingerprint density at radius 3 is 3.05 bits per heavy atom. The van der Waals surface area contributed by atoms with Crippen LogP contribution in [-0.2, 0) is 4.79 Å². The predicted molar refractivity (Wildman–Crippen MR) is 76.3 cm³/mol. The van der Waals surface area contributed by atoms with Gasteiger partial charge in [0.2, 0.25) is 5.91 Å². The maximum Gasteiger partial charge on any atom is 0.242 e. The summed E-state index contributed by atoms with van der Waals surface area (Å²) < 4.78 is 5.08. The molecule has 0 saturated carbocycles.